The van der Waals surface area contributed by atoms with Gasteiger partial charge in [-0.05, 0) is 18.6 Å². The van der Waals surface area contributed by atoms with Crippen LogP contribution in [0.25, 0.3) is 11.5 Å². The van der Waals surface area contributed by atoms with Gasteiger partial charge in [0, 0.05) is 5.56 Å². The highest BCUT2D eigenvalue weighted by molar-refractivity contribution is 7.79. The molecule has 0 amide bonds. The number of hydrogen-bond acceptors (Lipinski definition) is 4. The summed E-state index contributed by atoms with van der Waals surface area (Å²) in [4.78, 5) is 0. The molecule has 3 nitrogen and oxygen atoms in total. The van der Waals surface area contributed by atoms with Gasteiger partial charge in [0.1, 0.15) is 0 Å². The highest BCUT2D eigenvalue weighted by atomic mass is 32.1. The number of aromatic nitrogens is 2. The summed E-state index contributed by atoms with van der Waals surface area (Å²) in [6.07, 6.45) is 0. The van der Waals surface area contributed by atoms with Gasteiger partial charge in [0.05, 0.1) is 5.75 Å². The largest absolute Gasteiger partial charge is 0.420 e. The van der Waals surface area contributed by atoms with Crippen molar-refractivity contribution in [3.8, 4) is 11.5 Å². The van der Waals surface area contributed by atoms with Crippen molar-refractivity contribution in [1.29, 1.82) is 0 Å². The Balaban J connectivity index is 2.44. The third kappa shape index (κ3) is 1.65. The predicted molar refractivity (Wildman–Crippen MR) is 57.2 cm³/mol. The van der Waals surface area contributed by atoms with E-state index in [0.717, 1.165) is 11.1 Å². The van der Waals surface area contributed by atoms with Gasteiger partial charge in [-0.1, -0.05) is 18.2 Å². The lowest BCUT2D eigenvalue weighted by Gasteiger charge is -1.98. The second kappa shape index (κ2) is 3.84. The van der Waals surface area contributed by atoms with Gasteiger partial charge in [0.15, 0.2) is 0 Å². The Morgan fingerprint density at radius 2 is 2.07 bits per heavy atom. The second-order valence-electron chi connectivity index (χ2n) is 2.97. The monoisotopic (exact) mass is 206 g/mol. The summed E-state index contributed by atoms with van der Waals surface area (Å²) in [5.41, 5.74) is 2.11. The highest BCUT2D eigenvalue weighted by Crippen LogP contribution is 2.21. The predicted octanol–water partition coefficient (Wildman–Crippen LogP) is 2.47. The Kier molecular flexibility index (Phi) is 2.54. The summed E-state index contributed by atoms with van der Waals surface area (Å²) >= 11 is 4.07. The molecule has 0 N–H and O–H groups in total. The van der Waals surface area contributed by atoms with Crippen molar-refractivity contribution < 1.29 is 4.42 Å². The van der Waals surface area contributed by atoms with Crippen LogP contribution >= 0.6 is 12.6 Å². The van der Waals surface area contributed by atoms with Crippen LogP contribution in [-0.2, 0) is 5.75 Å². The molecule has 1 aromatic heterocycles. The zero-order chi connectivity index (χ0) is 9.97. The van der Waals surface area contributed by atoms with Gasteiger partial charge >= 0.3 is 0 Å². The fourth-order valence-corrected chi connectivity index (χ4v) is 1.37. The van der Waals surface area contributed by atoms with Crippen molar-refractivity contribution >= 4 is 12.6 Å². The van der Waals surface area contributed by atoms with Crippen LogP contribution in [0, 0.1) is 6.92 Å². The Bertz CT molecular complexity index is 439. The molecule has 14 heavy (non-hydrogen) atoms. The van der Waals surface area contributed by atoms with E-state index in [9.17, 15) is 0 Å². The third-order valence-corrected chi connectivity index (χ3v) is 2.25. The smallest absolute Gasteiger partial charge is 0.248 e. The first-order chi connectivity index (χ1) is 6.81. The lowest BCUT2D eigenvalue weighted by Crippen LogP contribution is -1.81. The summed E-state index contributed by atoms with van der Waals surface area (Å²) in [6, 6.07) is 7.91. The molecule has 4 heteroatoms. The maximum absolute atomic E-state index is 5.40. The number of hydrogen-bond donors (Lipinski definition) is 1. The van der Waals surface area contributed by atoms with E-state index in [1.54, 1.807) is 0 Å². The molecule has 1 aromatic carbocycles. The number of nitrogens with zero attached hydrogens (tertiary/aromatic N) is 2. The normalized spacial score (nSPS) is 10.4. The Morgan fingerprint density at radius 3 is 2.71 bits per heavy atom. The lowest BCUT2D eigenvalue weighted by molar-refractivity contribution is 0.528. The summed E-state index contributed by atoms with van der Waals surface area (Å²) in [7, 11) is 0. The van der Waals surface area contributed by atoms with Gasteiger partial charge in [-0.2, -0.15) is 12.6 Å². The number of aryl methyl sites for hydroxylation is 1. The van der Waals surface area contributed by atoms with Crippen LogP contribution in [0.2, 0.25) is 0 Å². The van der Waals surface area contributed by atoms with Crippen molar-refractivity contribution in [3.63, 3.8) is 0 Å². The van der Waals surface area contributed by atoms with E-state index < -0.39 is 0 Å². The van der Waals surface area contributed by atoms with Crippen molar-refractivity contribution in [1.82, 2.24) is 10.2 Å². The molecule has 0 atom stereocenters. The van der Waals surface area contributed by atoms with Crippen LogP contribution < -0.4 is 0 Å². The van der Waals surface area contributed by atoms with Gasteiger partial charge < -0.3 is 4.42 Å². The van der Waals surface area contributed by atoms with Crippen LogP contribution in [0.4, 0.5) is 0 Å². The quantitative estimate of drug-likeness (QED) is 0.767. The zero-order valence-corrected chi connectivity index (χ0v) is 8.66. The van der Waals surface area contributed by atoms with Crippen molar-refractivity contribution in [2.24, 2.45) is 0 Å². The molecule has 0 saturated heterocycles. The topological polar surface area (TPSA) is 38.9 Å². The number of thiol groups is 1. The maximum Gasteiger partial charge on any atom is 0.248 e. The second-order valence-corrected chi connectivity index (χ2v) is 3.29. The molecule has 2 rings (SSSR count). The van der Waals surface area contributed by atoms with Gasteiger partial charge in [-0.15, -0.1) is 10.2 Å². The van der Waals surface area contributed by atoms with Gasteiger partial charge in [-0.25, -0.2) is 0 Å². The molecular formula is C10H10N2OS. The van der Waals surface area contributed by atoms with Gasteiger partial charge in [0.25, 0.3) is 0 Å². The molecule has 0 aliphatic carbocycles. The van der Waals surface area contributed by atoms with Crippen LogP contribution in [-0.4, -0.2) is 10.2 Å². The van der Waals surface area contributed by atoms with E-state index in [4.69, 9.17) is 4.42 Å². The molecule has 72 valence electrons. The Morgan fingerprint density at radius 1 is 1.29 bits per heavy atom. The minimum atomic E-state index is 0.471. The summed E-state index contributed by atoms with van der Waals surface area (Å²) < 4.78 is 5.40. The molecule has 0 spiro atoms. The highest BCUT2D eigenvalue weighted by Gasteiger charge is 2.08. The summed E-state index contributed by atoms with van der Waals surface area (Å²) in [6.45, 7) is 2.01. The Labute approximate surface area is 87.6 Å². The van der Waals surface area contributed by atoms with E-state index in [2.05, 4.69) is 22.8 Å². The molecule has 2 aromatic rings. The standard InChI is InChI=1S/C10H10N2OS/c1-7-4-2-3-5-8(7)10-12-11-9(6-14)13-10/h2-5,14H,6H2,1H3. The summed E-state index contributed by atoms with van der Waals surface area (Å²) in [5.74, 6) is 1.58. The first-order valence-electron chi connectivity index (χ1n) is 4.30. The van der Waals surface area contributed by atoms with Crippen LogP contribution in [0.5, 0.6) is 0 Å². The average Bonchev–Trinajstić information content (AvgIpc) is 2.67. The van der Waals surface area contributed by atoms with Gasteiger partial charge in [0.2, 0.25) is 11.8 Å². The van der Waals surface area contributed by atoms with E-state index in [1.165, 1.54) is 0 Å². The minimum absolute atomic E-state index is 0.471. The first kappa shape index (κ1) is 9.27. The van der Waals surface area contributed by atoms with E-state index in [1.807, 2.05) is 31.2 Å². The van der Waals surface area contributed by atoms with E-state index in [0.29, 0.717) is 17.5 Å². The molecule has 0 aliphatic heterocycles. The first-order valence-corrected chi connectivity index (χ1v) is 4.94. The van der Waals surface area contributed by atoms with Crippen LogP contribution in [0.15, 0.2) is 28.7 Å². The van der Waals surface area contributed by atoms with E-state index in [-0.39, 0.29) is 0 Å². The molecule has 0 fully saturated rings. The molecule has 0 saturated carbocycles. The lowest BCUT2D eigenvalue weighted by atomic mass is 10.1. The van der Waals surface area contributed by atoms with E-state index >= 15 is 0 Å². The molecule has 0 unspecified atom stereocenters. The van der Waals surface area contributed by atoms with Crippen molar-refractivity contribution in [2.45, 2.75) is 12.7 Å². The maximum atomic E-state index is 5.40. The number of rotatable bonds is 2. The minimum Gasteiger partial charge on any atom is -0.420 e. The van der Waals surface area contributed by atoms with Crippen LogP contribution in [0.1, 0.15) is 11.5 Å². The molecule has 1 heterocycles. The molecule has 0 aliphatic rings. The van der Waals surface area contributed by atoms with Crippen molar-refractivity contribution in [3.05, 3.63) is 35.7 Å². The average molecular weight is 206 g/mol. The molecular weight excluding hydrogens is 196 g/mol. The van der Waals surface area contributed by atoms with Gasteiger partial charge in [-0.3, -0.25) is 0 Å². The molecule has 0 radical (unpaired) electrons. The Hall–Kier alpha value is -1.29. The number of benzene rings is 1. The fraction of sp³-hybridized carbons (Fsp3) is 0.200. The fourth-order valence-electron chi connectivity index (χ4n) is 1.24. The summed E-state index contributed by atoms with van der Waals surface area (Å²) in [5, 5.41) is 7.81. The SMILES string of the molecule is Cc1ccccc1-c1nnc(CS)o1. The van der Waals surface area contributed by atoms with Crippen LogP contribution in [0.3, 0.4) is 0 Å². The molecule has 0 bridgehead atoms. The third-order valence-electron chi connectivity index (χ3n) is 1.98. The van der Waals surface area contributed by atoms with Crippen molar-refractivity contribution in [2.75, 3.05) is 0 Å². The zero-order valence-electron chi connectivity index (χ0n) is 7.77.